The van der Waals surface area contributed by atoms with Crippen LogP contribution >= 0.6 is 0 Å². The molecule has 1 aliphatic rings. The molecule has 1 aromatic carbocycles. The van der Waals surface area contributed by atoms with Crippen LogP contribution in [0.1, 0.15) is 24.0 Å². The van der Waals surface area contributed by atoms with Crippen LogP contribution in [0.25, 0.3) is 0 Å². The zero-order chi connectivity index (χ0) is 17.0. The summed E-state index contributed by atoms with van der Waals surface area (Å²) in [5, 5.41) is 9.88. The summed E-state index contributed by atoms with van der Waals surface area (Å²) in [4.78, 5) is 18.2. The lowest BCUT2D eigenvalue weighted by atomic mass is 9.75. The van der Waals surface area contributed by atoms with Gasteiger partial charge in [0, 0.05) is 25.5 Å². The van der Waals surface area contributed by atoms with E-state index in [1.807, 2.05) is 12.1 Å². The molecule has 3 rings (SSSR count). The number of pyridine rings is 1. The Hall–Kier alpha value is -2.27. The maximum Gasteiger partial charge on any atom is 0.311 e. The molecule has 4 nitrogen and oxygen atoms in total. The zero-order valence-corrected chi connectivity index (χ0v) is 13.5. The molecule has 1 aromatic heterocycles. The third-order valence-corrected chi connectivity index (χ3v) is 4.72. The highest BCUT2D eigenvalue weighted by atomic mass is 19.1. The van der Waals surface area contributed by atoms with E-state index >= 15 is 0 Å². The summed E-state index contributed by atoms with van der Waals surface area (Å²) in [5.74, 6) is -1.07. The molecule has 0 aliphatic carbocycles. The average Bonchev–Trinajstić information content (AvgIpc) is 2.58. The number of carboxylic acid groups (broad SMARTS) is 1. The van der Waals surface area contributed by atoms with E-state index in [1.54, 1.807) is 24.5 Å². The summed E-state index contributed by atoms with van der Waals surface area (Å²) in [6, 6.07) is 10.1. The van der Waals surface area contributed by atoms with Gasteiger partial charge >= 0.3 is 5.97 Å². The summed E-state index contributed by atoms with van der Waals surface area (Å²) < 4.78 is 13.1. The number of hydrogen-bond donors (Lipinski definition) is 1. The van der Waals surface area contributed by atoms with Gasteiger partial charge < -0.3 is 5.11 Å². The number of aliphatic carboxylic acids is 1. The van der Waals surface area contributed by atoms with Gasteiger partial charge in [-0.25, -0.2) is 4.39 Å². The Labute approximate surface area is 141 Å². The largest absolute Gasteiger partial charge is 0.481 e. The summed E-state index contributed by atoms with van der Waals surface area (Å²) in [5.41, 5.74) is 1.18. The maximum atomic E-state index is 13.1. The fraction of sp³-hybridized carbons (Fsp3) is 0.368. The molecular formula is C19H21FN2O2. The highest BCUT2D eigenvalue weighted by molar-refractivity contribution is 5.75. The van der Waals surface area contributed by atoms with Crippen LogP contribution in [0.2, 0.25) is 0 Å². The smallest absolute Gasteiger partial charge is 0.311 e. The van der Waals surface area contributed by atoms with Gasteiger partial charge in [-0.2, -0.15) is 0 Å². The summed E-state index contributed by atoms with van der Waals surface area (Å²) in [6.07, 6.45) is 5.42. The second kappa shape index (κ2) is 7.09. The van der Waals surface area contributed by atoms with Crippen molar-refractivity contribution >= 4 is 5.97 Å². The Morgan fingerprint density at radius 1 is 1.17 bits per heavy atom. The molecule has 2 aromatic rings. The monoisotopic (exact) mass is 328 g/mol. The third-order valence-electron chi connectivity index (χ3n) is 4.72. The Bertz CT molecular complexity index is 690. The second-order valence-corrected chi connectivity index (χ2v) is 6.56. The van der Waals surface area contributed by atoms with Crippen molar-refractivity contribution in [3.05, 3.63) is 65.7 Å². The van der Waals surface area contributed by atoms with Crippen LogP contribution in [0.5, 0.6) is 0 Å². The van der Waals surface area contributed by atoms with Crippen molar-refractivity contribution in [3.63, 3.8) is 0 Å². The van der Waals surface area contributed by atoms with Crippen molar-refractivity contribution in [2.45, 2.75) is 25.8 Å². The van der Waals surface area contributed by atoms with Crippen LogP contribution in [0.4, 0.5) is 4.39 Å². The van der Waals surface area contributed by atoms with Crippen LogP contribution in [0, 0.1) is 11.2 Å². The number of halogens is 1. The normalized spacial score (nSPS) is 21.5. The number of carbonyl (C=O) groups is 1. The van der Waals surface area contributed by atoms with Gasteiger partial charge in [-0.1, -0.05) is 12.1 Å². The minimum absolute atomic E-state index is 0.300. The molecule has 0 saturated carbocycles. The quantitative estimate of drug-likeness (QED) is 0.916. The molecule has 1 N–H and O–H groups in total. The highest BCUT2D eigenvalue weighted by Gasteiger charge is 2.42. The molecule has 2 heterocycles. The second-order valence-electron chi connectivity index (χ2n) is 6.56. The molecule has 1 fully saturated rings. The first-order valence-corrected chi connectivity index (χ1v) is 8.16. The first-order valence-electron chi connectivity index (χ1n) is 8.16. The van der Waals surface area contributed by atoms with Gasteiger partial charge in [0.15, 0.2) is 0 Å². The van der Waals surface area contributed by atoms with Crippen LogP contribution < -0.4 is 0 Å². The van der Waals surface area contributed by atoms with E-state index in [0.717, 1.165) is 30.6 Å². The number of likely N-dealkylation sites (tertiary alicyclic amines) is 1. The topological polar surface area (TPSA) is 53.4 Å². The number of nitrogens with zero attached hydrogens (tertiary/aromatic N) is 2. The van der Waals surface area contributed by atoms with E-state index in [1.165, 1.54) is 12.1 Å². The van der Waals surface area contributed by atoms with E-state index in [9.17, 15) is 14.3 Å². The summed E-state index contributed by atoms with van der Waals surface area (Å²) >= 11 is 0. The molecule has 0 bridgehead atoms. The standard InChI is InChI=1S/C19H21FN2O2/c20-17-4-2-15(3-5-17)12-19(18(23)24)8-1-11-22(14-19)13-16-6-9-21-10-7-16/h2-7,9-10H,1,8,11-14H2,(H,23,24)/t19-/m1/s1. The van der Waals surface area contributed by atoms with Crippen LogP contribution in [-0.2, 0) is 17.8 Å². The van der Waals surface area contributed by atoms with Gasteiger partial charge in [-0.3, -0.25) is 14.7 Å². The van der Waals surface area contributed by atoms with Crippen LogP contribution in [-0.4, -0.2) is 34.0 Å². The molecule has 126 valence electrons. The fourth-order valence-electron chi connectivity index (χ4n) is 3.50. The van der Waals surface area contributed by atoms with Crippen LogP contribution in [0.15, 0.2) is 48.8 Å². The van der Waals surface area contributed by atoms with Gasteiger partial charge in [-0.15, -0.1) is 0 Å². The minimum Gasteiger partial charge on any atom is -0.481 e. The third kappa shape index (κ3) is 3.79. The number of carboxylic acids is 1. The Balaban J connectivity index is 1.76. The zero-order valence-electron chi connectivity index (χ0n) is 13.5. The van der Waals surface area contributed by atoms with Gasteiger partial charge in [-0.05, 0) is 61.2 Å². The number of hydrogen-bond acceptors (Lipinski definition) is 3. The summed E-state index contributed by atoms with van der Waals surface area (Å²) in [7, 11) is 0. The van der Waals surface area contributed by atoms with Crippen LogP contribution in [0.3, 0.4) is 0 Å². The van der Waals surface area contributed by atoms with Crippen molar-refractivity contribution in [2.75, 3.05) is 13.1 Å². The molecule has 24 heavy (non-hydrogen) atoms. The highest BCUT2D eigenvalue weighted by Crippen LogP contribution is 2.34. The molecule has 1 aliphatic heterocycles. The Morgan fingerprint density at radius 2 is 1.88 bits per heavy atom. The Kier molecular flexibility index (Phi) is 4.90. The number of piperidine rings is 1. The van der Waals surface area contributed by atoms with Crippen molar-refractivity contribution in [1.29, 1.82) is 0 Å². The van der Waals surface area contributed by atoms with Crippen molar-refractivity contribution in [1.82, 2.24) is 9.88 Å². The number of aromatic nitrogens is 1. The van der Waals surface area contributed by atoms with Gasteiger partial charge in [0.1, 0.15) is 5.82 Å². The molecule has 1 atom stereocenters. The number of benzene rings is 1. The van der Waals surface area contributed by atoms with E-state index in [2.05, 4.69) is 9.88 Å². The van der Waals surface area contributed by atoms with Gasteiger partial charge in [0.05, 0.1) is 5.41 Å². The lowest BCUT2D eigenvalue weighted by molar-refractivity contribution is -0.152. The Morgan fingerprint density at radius 3 is 2.54 bits per heavy atom. The average molecular weight is 328 g/mol. The molecule has 5 heteroatoms. The van der Waals surface area contributed by atoms with E-state index in [0.29, 0.717) is 19.4 Å². The SMILES string of the molecule is O=C(O)[C@@]1(Cc2ccc(F)cc2)CCCN(Cc2ccncc2)C1. The van der Waals surface area contributed by atoms with Gasteiger partial charge in [0.2, 0.25) is 0 Å². The fourth-order valence-corrected chi connectivity index (χ4v) is 3.50. The van der Waals surface area contributed by atoms with Crippen molar-refractivity contribution in [3.8, 4) is 0 Å². The molecule has 0 amide bonds. The predicted molar refractivity (Wildman–Crippen MR) is 88.9 cm³/mol. The molecule has 0 radical (unpaired) electrons. The minimum atomic E-state index is -0.816. The first kappa shape index (κ1) is 16.6. The molecule has 0 spiro atoms. The van der Waals surface area contributed by atoms with E-state index in [4.69, 9.17) is 0 Å². The molecule has 0 unspecified atom stereocenters. The lowest BCUT2D eigenvalue weighted by Gasteiger charge is -2.40. The maximum absolute atomic E-state index is 13.1. The first-order chi connectivity index (χ1) is 11.6. The predicted octanol–water partition coefficient (Wildman–Crippen LogP) is 3.13. The van der Waals surface area contributed by atoms with Crippen molar-refractivity contribution in [2.24, 2.45) is 5.41 Å². The van der Waals surface area contributed by atoms with E-state index < -0.39 is 11.4 Å². The number of rotatable bonds is 5. The molecule has 1 saturated heterocycles. The van der Waals surface area contributed by atoms with Gasteiger partial charge in [0.25, 0.3) is 0 Å². The lowest BCUT2D eigenvalue weighted by Crippen LogP contribution is -2.48. The van der Waals surface area contributed by atoms with Crippen molar-refractivity contribution < 1.29 is 14.3 Å². The van der Waals surface area contributed by atoms with E-state index in [-0.39, 0.29) is 5.82 Å². The molecular weight excluding hydrogens is 307 g/mol. The summed E-state index contributed by atoms with van der Waals surface area (Å²) in [6.45, 7) is 2.11.